The van der Waals surface area contributed by atoms with Crippen LogP contribution in [0.15, 0.2) is 39.4 Å². The summed E-state index contributed by atoms with van der Waals surface area (Å²) in [5.74, 6) is 0.539. The zero-order valence-electron chi connectivity index (χ0n) is 15.9. The average Bonchev–Trinajstić information content (AvgIpc) is 3.10. The first-order chi connectivity index (χ1) is 14.0. The molecule has 0 unspecified atom stereocenters. The molecule has 0 radical (unpaired) electrons. The maximum absolute atomic E-state index is 12.7. The number of hydrogen-bond acceptors (Lipinski definition) is 7. The van der Waals surface area contributed by atoms with Gasteiger partial charge in [-0.25, -0.2) is 21.6 Å². The van der Waals surface area contributed by atoms with Gasteiger partial charge in [0.2, 0.25) is 10.0 Å². The van der Waals surface area contributed by atoms with E-state index in [2.05, 4.69) is 16.4 Å². The predicted octanol–water partition coefficient (Wildman–Crippen LogP) is 3.97. The van der Waals surface area contributed by atoms with Crippen molar-refractivity contribution < 1.29 is 21.8 Å². The Labute approximate surface area is 183 Å². The lowest BCUT2D eigenvalue weighted by molar-refractivity contribution is -0.384. The summed E-state index contributed by atoms with van der Waals surface area (Å²) in [5, 5.41) is 11.5. The third kappa shape index (κ3) is 5.30. The van der Waals surface area contributed by atoms with Gasteiger partial charge in [0, 0.05) is 12.1 Å². The molecule has 13 heteroatoms. The van der Waals surface area contributed by atoms with Crippen LogP contribution in [0.2, 0.25) is 4.34 Å². The number of anilines is 1. The molecule has 0 atom stereocenters. The van der Waals surface area contributed by atoms with Crippen LogP contribution in [0, 0.1) is 16.0 Å². The lowest BCUT2D eigenvalue weighted by atomic mass is 9.88. The minimum Gasteiger partial charge on any atom is -0.272 e. The molecule has 0 spiro atoms. The molecule has 1 heterocycles. The van der Waals surface area contributed by atoms with Crippen LogP contribution in [0.3, 0.4) is 0 Å². The molecular weight excluding hydrogens is 474 g/mol. The van der Waals surface area contributed by atoms with Gasteiger partial charge in [-0.2, -0.15) is 0 Å². The van der Waals surface area contributed by atoms with Crippen LogP contribution in [-0.2, 0) is 20.0 Å². The van der Waals surface area contributed by atoms with Crippen molar-refractivity contribution in [2.45, 2.75) is 47.8 Å². The van der Waals surface area contributed by atoms with Gasteiger partial charge >= 0.3 is 0 Å². The van der Waals surface area contributed by atoms with Crippen LogP contribution in [0.25, 0.3) is 0 Å². The van der Waals surface area contributed by atoms with Crippen molar-refractivity contribution >= 4 is 54.4 Å². The van der Waals surface area contributed by atoms with E-state index in [-0.39, 0.29) is 25.2 Å². The molecule has 30 heavy (non-hydrogen) atoms. The first kappa shape index (κ1) is 22.9. The Balaban J connectivity index is 1.87. The Morgan fingerprint density at radius 1 is 1.07 bits per heavy atom. The molecule has 0 amide bonds. The van der Waals surface area contributed by atoms with Crippen LogP contribution < -0.4 is 9.44 Å². The number of nitrogens with zero attached hydrogens (tertiary/aromatic N) is 1. The number of thiophene rings is 1. The molecule has 1 saturated carbocycles. The molecule has 1 aromatic carbocycles. The standard InChI is InChI=1S/C17H20ClN3O6S3/c1-11-2-4-12(5-3-11)19-29(24,25)13-6-7-14(15(10-13)21(22)23)20-30(26,27)17-9-8-16(18)28-17/h6-12,19-20H,2-5H2,1H3. The van der Waals surface area contributed by atoms with Gasteiger partial charge in [-0.3, -0.25) is 14.8 Å². The van der Waals surface area contributed by atoms with Gasteiger partial charge in [0.25, 0.3) is 15.7 Å². The van der Waals surface area contributed by atoms with Crippen molar-refractivity contribution in [2.24, 2.45) is 5.92 Å². The van der Waals surface area contributed by atoms with E-state index < -0.39 is 30.7 Å². The molecule has 0 saturated heterocycles. The van der Waals surface area contributed by atoms with Crippen LogP contribution in [0.4, 0.5) is 11.4 Å². The summed E-state index contributed by atoms with van der Waals surface area (Å²) in [6, 6.07) is 5.50. The van der Waals surface area contributed by atoms with Crippen molar-refractivity contribution in [3.8, 4) is 0 Å². The van der Waals surface area contributed by atoms with Gasteiger partial charge in [-0.1, -0.05) is 18.5 Å². The summed E-state index contributed by atoms with van der Waals surface area (Å²) in [6.45, 7) is 2.11. The molecule has 3 rings (SSSR count). The Kier molecular flexibility index (Phi) is 6.72. The average molecular weight is 494 g/mol. The highest BCUT2D eigenvalue weighted by molar-refractivity contribution is 7.94. The van der Waals surface area contributed by atoms with Gasteiger partial charge in [0.15, 0.2) is 0 Å². The van der Waals surface area contributed by atoms with E-state index in [4.69, 9.17) is 11.6 Å². The number of sulfonamides is 2. The monoisotopic (exact) mass is 493 g/mol. The van der Waals surface area contributed by atoms with Crippen molar-refractivity contribution in [1.29, 1.82) is 0 Å². The lowest BCUT2D eigenvalue weighted by Crippen LogP contribution is -2.37. The summed E-state index contributed by atoms with van der Waals surface area (Å²) in [4.78, 5) is 10.4. The number of nitro benzene ring substituents is 1. The number of halogens is 1. The molecular formula is C17H20ClN3O6S3. The van der Waals surface area contributed by atoms with Crippen LogP contribution in [0.5, 0.6) is 0 Å². The first-order valence-electron chi connectivity index (χ1n) is 9.07. The third-order valence-corrected chi connectivity index (χ3v) is 9.48. The van der Waals surface area contributed by atoms with E-state index in [1.807, 2.05) is 0 Å². The van der Waals surface area contributed by atoms with Crippen molar-refractivity contribution in [3.63, 3.8) is 0 Å². The van der Waals surface area contributed by atoms with Crippen LogP contribution in [-0.4, -0.2) is 27.8 Å². The molecule has 1 aliphatic rings. The van der Waals surface area contributed by atoms with E-state index in [0.29, 0.717) is 18.8 Å². The number of nitro groups is 1. The highest BCUT2D eigenvalue weighted by Crippen LogP contribution is 2.32. The topological polar surface area (TPSA) is 135 Å². The quantitative estimate of drug-likeness (QED) is 0.442. The Morgan fingerprint density at radius 3 is 2.30 bits per heavy atom. The minimum absolute atomic E-state index is 0.119. The number of benzene rings is 1. The first-order valence-corrected chi connectivity index (χ1v) is 13.2. The van der Waals surface area contributed by atoms with Crippen molar-refractivity contribution in [3.05, 3.63) is 44.8 Å². The van der Waals surface area contributed by atoms with Gasteiger partial charge in [-0.05, 0) is 55.9 Å². The maximum Gasteiger partial charge on any atom is 0.294 e. The smallest absolute Gasteiger partial charge is 0.272 e. The minimum atomic E-state index is -4.11. The summed E-state index contributed by atoms with van der Waals surface area (Å²) >= 11 is 6.55. The largest absolute Gasteiger partial charge is 0.294 e. The highest BCUT2D eigenvalue weighted by Gasteiger charge is 2.28. The fourth-order valence-corrected chi connectivity index (χ4v) is 7.10. The Morgan fingerprint density at radius 2 is 1.73 bits per heavy atom. The zero-order chi connectivity index (χ0) is 22.1. The molecule has 9 nitrogen and oxygen atoms in total. The molecule has 164 valence electrons. The second-order valence-electron chi connectivity index (χ2n) is 7.18. The van der Waals surface area contributed by atoms with E-state index in [1.165, 1.54) is 12.1 Å². The van der Waals surface area contributed by atoms with Gasteiger partial charge < -0.3 is 0 Å². The molecule has 0 aliphatic heterocycles. The number of rotatable bonds is 7. The van der Waals surface area contributed by atoms with Crippen LogP contribution >= 0.6 is 22.9 Å². The fourth-order valence-electron chi connectivity index (χ4n) is 3.22. The normalized spacial score (nSPS) is 20.1. The van der Waals surface area contributed by atoms with E-state index >= 15 is 0 Å². The highest BCUT2D eigenvalue weighted by atomic mass is 35.5. The lowest BCUT2D eigenvalue weighted by Gasteiger charge is -2.26. The molecule has 2 N–H and O–H groups in total. The fraction of sp³-hybridized carbons (Fsp3) is 0.412. The maximum atomic E-state index is 12.7. The molecule has 2 aromatic rings. The van der Waals surface area contributed by atoms with E-state index in [9.17, 15) is 26.9 Å². The second-order valence-corrected chi connectivity index (χ2v) is 12.5. The van der Waals surface area contributed by atoms with Gasteiger partial charge in [-0.15, -0.1) is 11.3 Å². The third-order valence-electron chi connectivity index (χ3n) is 4.87. The van der Waals surface area contributed by atoms with Crippen molar-refractivity contribution in [1.82, 2.24) is 4.72 Å². The summed E-state index contributed by atoms with van der Waals surface area (Å²) < 4.78 is 55.1. The molecule has 1 aliphatic carbocycles. The summed E-state index contributed by atoms with van der Waals surface area (Å²) in [6.07, 6.45) is 3.20. The predicted molar refractivity (Wildman–Crippen MR) is 115 cm³/mol. The van der Waals surface area contributed by atoms with Crippen molar-refractivity contribution in [2.75, 3.05) is 4.72 Å². The zero-order valence-corrected chi connectivity index (χ0v) is 19.1. The second kappa shape index (κ2) is 8.79. The number of nitrogens with one attached hydrogen (secondary N) is 2. The molecule has 0 bridgehead atoms. The Bertz CT molecular complexity index is 1160. The Hall–Kier alpha value is -1.73. The summed E-state index contributed by atoms with van der Waals surface area (Å²) in [7, 11) is -8.10. The number of hydrogen-bond donors (Lipinski definition) is 2. The summed E-state index contributed by atoms with van der Waals surface area (Å²) in [5.41, 5.74) is -1.00. The van der Waals surface area contributed by atoms with E-state index in [1.54, 1.807) is 0 Å². The van der Waals surface area contributed by atoms with E-state index in [0.717, 1.165) is 42.4 Å². The van der Waals surface area contributed by atoms with Crippen LogP contribution in [0.1, 0.15) is 32.6 Å². The van der Waals surface area contributed by atoms with Gasteiger partial charge in [0.1, 0.15) is 9.90 Å². The van der Waals surface area contributed by atoms with Gasteiger partial charge in [0.05, 0.1) is 14.2 Å². The molecule has 1 aromatic heterocycles. The molecule has 1 fully saturated rings. The SMILES string of the molecule is CC1CCC(NS(=O)(=O)c2ccc(NS(=O)(=O)c3ccc(Cl)s3)c([N+](=O)[O-])c2)CC1.